The molecule has 206 valence electrons. The number of carbonyl (C=O) groups excluding carboxylic acids is 2. The summed E-state index contributed by atoms with van der Waals surface area (Å²) in [7, 11) is 1.65. The van der Waals surface area contributed by atoms with Crippen molar-refractivity contribution in [1.29, 1.82) is 0 Å². The summed E-state index contributed by atoms with van der Waals surface area (Å²) in [5.41, 5.74) is 3.09. The number of anilines is 1. The Hall–Kier alpha value is -3.62. The lowest BCUT2D eigenvalue weighted by Gasteiger charge is -2.29. The SMILES string of the molecule is CCOC(=O)C(C)N(C(=O)c1ccccc1)c1cc(Br)c(Oc2ccc(OC)c(Cc3ccccc3)c2)c(Br)c1. The Kier molecular flexibility index (Phi) is 10.0. The lowest BCUT2D eigenvalue weighted by molar-refractivity contribution is -0.144. The van der Waals surface area contributed by atoms with Gasteiger partial charge in [-0.3, -0.25) is 9.69 Å². The fourth-order valence-electron chi connectivity index (χ4n) is 4.28. The van der Waals surface area contributed by atoms with Crippen LogP contribution in [0.2, 0.25) is 0 Å². The van der Waals surface area contributed by atoms with E-state index in [4.69, 9.17) is 14.2 Å². The second-order valence-electron chi connectivity index (χ2n) is 8.95. The minimum absolute atomic E-state index is 0.213. The second-order valence-corrected chi connectivity index (χ2v) is 10.7. The van der Waals surface area contributed by atoms with Crippen LogP contribution in [0.5, 0.6) is 17.2 Å². The molecule has 0 aliphatic rings. The maximum absolute atomic E-state index is 13.6. The molecule has 0 fully saturated rings. The molecule has 0 spiro atoms. The standard InChI is InChI=1S/C32H29Br2NO5/c1-4-39-32(37)21(2)35(31(36)23-13-9-6-10-14-23)25-19-27(33)30(28(34)20-25)40-26-15-16-29(38-3)24(18-26)17-22-11-7-5-8-12-22/h5-16,18-21H,4,17H2,1-3H3. The first-order valence-electron chi connectivity index (χ1n) is 12.7. The molecule has 1 amide bonds. The van der Waals surface area contributed by atoms with Crippen molar-refractivity contribution in [2.75, 3.05) is 18.6 Å². The Balaban J connectivity index is 1.67. The van der Waals surface area contributed by atoms with Gasteiger partial charge >= 0.3 is 5.97 Å². The maximum atomic E-state index is 13.6. The minimum atomic E-state index is -0.861. The zero-order valence-corrected chi connectivity index (χ0v) is 25.6. The van der Waals surface area contributed by atoms with Crippen molar-refractivity contribution < 1.29 is 23.8 Å². The van der Waals surface area contributed by atoms with E-state index in [2.05, 4.69) is 44.0 Å². The Labute approximate surface area is 251 Å². The zero-order chi connectivity index (χ0) is 28.6. The summed E-state index contributed by atoms with van der Waals surface area (Å²) in [6.07, 6.45) is 0.685. The zero-order valence-electron chi connectivity index (χ0n) is 22.4. The molecular weight excluding hydrogens is 638 g/mol. The summed E-state index contributed by atoms with van der Waals surface area (Å²) in [6, 6.07) is 27.3. The smallest absolute Gasteiger partial charge is 0.328 e. The van der Waals surface area contributed by atoms with E-state index in [1.165, 1.54) is 4.90 Å². The second kappa shape index (κ2) is 13.6. The van der Waals surface area contributed by atoms with Gasteiger partial charge in [0.05, 0.1) is 22.7 Å². The van der Waals surface area contributed by atoms with Crippen molar-refractivity contribution >= 4 is 49.4 Å². The minimum Gasteiger partial charge on any atom is -0.496 e. The Morgan fingerprint density at radius 3 is 2.10 bits per heavy atom. The summed E-state index contributed by atoms with van der Waals surface area (Å²) in [4.78, 5) is 27.7. The van der Waals surface area contributed by atoms with E-state index >= 15 is 0 Å². The van der Waals surface area contributed by atoms with Crippen LogP contribution in [-0.4, -0.2) is 31.6 Å². The van der Waals surface area contributed by atoms with E-state index in [1.54, 1.807) is 57.4 Å². The molecule has 1 atom stereocenters. The molecule has 0 heterocycles. The van der Waals surface area contributed by atoms with Gasteiger partial charge in [0.2, 0.25) is 0 Å². The summed E-state index contributed by atoms with van der Waals surface area (Å²) >= 11 is 7.23. The van der Waals surface area contributed by atoms with Crippen LogP contribution in [0.3, 0.4) is 0 Å². The van der Waals surface area contributed by atoms with Crippen molar-refractivity contribution in [2.24, 2.45) is 0 Å². The molecule has 0 N–H and O–H groups in total. The van der Waals surface area contributed by atoms with Gasteiger partial charge in [-0.2, -0.15) is 0 Å². The number of hydrogen-bond donors (Lipinski definition) is 0. The molecule has 0 aliphatic heterocycles. The van der Waals surface area contributed by atoms with Gasteiger partial charge in [0.25, 0.3) is 5.91 Å². The molecule has 6 nitrogen and oxygen atoms in total. The lowest BCUT2D eigenvalue weighted by atomic mass is 10.0. The number of carbonyl (C=O) groups is 2. The largest absolute Gasteiger partial charge is 0.496 e. The quantitative estimate of drug-likeness (QED) is 0.160. The number of methoxy groups -OCH3 is 1. The molecule has 8 heteroatoms. The summed E-state index contributed by atoms with van der Waals surface area (Å²) in [5, 5.41) is 0. The number of ether oxygens (including phenoxy) is 3. The molecule has 0 aliphatic carbocycles. The van der Waals surface area contributed by atoms with Crippen LogP contribution >= 0.6 is 31.9 Å². The summed E-state index contributed by atoms with van der Waals surface area (Å²) in [5.74, 6) is 1.10. The van der Waals surface area contributed by atoms with E-state index in [0.29, 0.717) is 38.1 Å². The van der Waals surface area contributed by atoms with E-state index < -0.39 is 12.0 Å². The normalized spacial score (nSPS) is 11.4. The van der Waals surface area contributed by atoms with E-state index in [1.807, 2.05) is 42.5 Å². The predicted molar refractivity (Wildman–Crippen MR) is 164 cm³/mol. The van der Waals surface area contributed by atoms with Crippen molar-refractivity contribution in [2.45, 2.75) is 26.3 Å². The van der Waals surface area contributed by atoms with Gasteiger partial charge in [-0.05, 0) is 93.7 Å². The van der Waals surface area contributed by atoms with Crippen LogP contribution in [0.4, 0.5) is 5.69 Å². The molecule has 0 radical (unpaired) electrons. The van der Waals surface area contributed by atoms with E-state index in [-0.39, 0.29) is 12.5 Å². The summed E-state index contributed by atoms with van der Waals surface area (Å²) in [6.45, 7) is 3.60. The van der Waals surface area contributed by atoms with Crippen molar-refractivity contribution in [3.63, 3.8) is 0 Å². The third-order valence-corrected chi connectivity index (χ3v) is 7.40. The lowest BCUT2D eigenvalue weighted by Crippen LogP contribution is -2.44. The number of halogens is 2. The molecule has 4 aromatic rings. The van der Waals surface area contributed by atoms with Gasteiger partial charge in [0.15, 0.2) is 5.75 Å². The number of benzene rings is 4. The first-order chi connectivity index (χ1) is 19.3. The van der Waals surface area contributed by atoms with Gasteiger partial charge in [-0.15, -0.1) is 0 Å². The molecule has 4 aromatic carbocycles. The Bertz CT molecular complexity index is 1450. The van der Waals surface area contributed by atoms with Crippen LogP contribution in [0.1, 0.15) is 35.3 Å². The highest BCUT2D eigenvalue weighted by molar-refractivity contribution is 9.11. The molecule has 0 bridgehead atoms. The maximum Gasteiger partial charge on any atom is 0.328 e. The molecule has 0 aromatic heterocycles. The van der Waals surface area contributed by atoms with E-state index in [0.717, 1.165) is 16.9 Å². The van der Waals surface area contributed by atoms with Gasteiger partial charge in [0, 0.05) is 23.2 Å². The number of amides is 1. The van der Waals surface area contributed by atoms with Crippen molar-refractivity contribution in [3.05, 3.63) is 117 Å². The number of hydrogen-bond acceptors (Lipinski definition) is 5. The third-order valence-electron chi connectivity index (χ3n) is 6.22. The van der Waals surface area contributed by atoms with Crippen molar-refractivity contribution in [3.8, 4) is 17.2 Å². The van der Waals surface area contributed by atoms with Crippen LogP contribution in [0.25, 0.3) is 0 Å². The first-order valence-corrected chi connectivity index (χ1v) is 14.3. The van der Waals surface area contributed by atoms with Gasteiger partial charge < -0.3 is 14.2 Å². The van der Waals surface area contributed by atoms with Gasteiger partial charge in [-0.25, -0.2) is 4.79 Å². The van der Waals surface area contributed by atoms with Crippen molar-refractivity contribution in [1.82, 2.24) is 0 Å². The number of nitrogens with zero attached hydrogens (tertiary/aromatic N) is 1. The Morgan fingerprint density at radius 1 is 0.875 bits per heavy atom. The molecule has 4 rings (SSSR count). The summed E-state index contributed by atoms with van der Waals surface area (Å²) < 4.78 is 18.3. The average Bonchev–Trinajstić information content (AvgIpc) is 2.96. The van der Waals surface area contributed by atoms with E-state index in [9.17, 15) is 9.59 Å². The van der Waals surface area contributed by atoms with Crippen LogP contribution in [0.15, 0.2) is 99.9 Å². The fraction of sp³-hybridized carbons (Fsp3) is 0.188. The molecule has 1 unspecified atom stereocenters. The molecular formula is C32H29Br2NO5. The topological polar surface area (TPSA) is 65.1 Å². The highest BCUT2D eigenvalue weighted by Crippen LogP contribution is 2.41. The monoisotopic (exact) mass is 665 g/mol. The molecule has 0 saturated carbocycles. The number of esters is 1. The first kappa shape index (κ1) is 29.4. The van der Waals surface area contributed by atoms with Crippen LogP contribution in [0, 0.1) is 0 Å². The van der Waals surface area contributed by atoms with Crippen LogP contribution < -0.4 is 14.4 Å². The van der Waals surface area contributed by atoms with Gasteiger partial charge in [-0.1, -0.05) is 48.5 Å². The molecule has 0 saturated heterocycles. The highest BCUT2D eigenvalue weighted by Gasteiger charge is 2.30. The van der Waals surface area contributed by atoms with Gasteiger partial charge in [0.1, 0.15) is 17.5 Å². The Morgan fingerprint density at radius 2 is 1.50 bits per heavy atom. The predicted octanol–water partition coefficient (Wildman–Crippen LogP) is 8.20. The number of rotatable bonds is 10. The molecule has 40 heavy (non-hydrogen) atoms. The fourth-order valence-corrected chi connectivity index (χ4v) is 5.60. The third kappa shape index (κ3) is 6.92. The van der Waals surface area contributed by atoms with Crippen LogP contribution in [-0.2, 0) is 16.0 Å². The highest BCUT2D eigenvalue weighted by atomic mass is 79.9. The average molecular weight is 667 g/mol.